The van der Waals surface area contributed by atoms with E-state index in [1.165, 1.54) is 24.3 Å². The molecule has 44 heavy (non-hydrogen) atoms. The van der Waals surface area contributed by atoms with E-state index >= 15 is 0 Å². The van der Waals surface area contributed by atoms with E-state index in [0.29, 0.717) is 27.0 Å². The van der Waals surface area contributed by atoms with Crippen molar-refractivity contribution in [2.45, 2.75) is 0 Å². The molecule has 0 unspecified atom stereocenters. The summed E-state index contributed by atoms with van der Waals surface area (Å²) < 4.78 is 99.3. The number of hydrogen-bond acceptors (Lipinski definition) is 3. The van der Waals surface area contributed by atoms with Crippen LogP contribution in [0, 0.1) is 0 Å². The average Bonchev–Trinajstić information content (AvgIpc) is 3.05. The third kappa shape index (κ3) is 6.63. The maximum Gasteiger partial charge on any atom is 0.344 e. The monoisotopic (exact) mass is 622 g/mol. The molecule has 0 heterocycles. The van der Waals surface area contributed by atoms with Crippen molar-refractivity contribution in [3.63, 3.8) is 0 Å². The van der Waals surface area contributed by atoms with Gasteiger partial charge in [-0.1, -0.05) is 103 Å². The van der Waals surface area contributed by atoms with Crippen molar-refractivity contribution in [2.24, 2.45) is 0 Å². The predicted octanol–water partition coefficient (Wildman–Crippen LogP) is 9.49. The van der Waals surface area contributed by atoms with Crippen molar-refractivity contribution in [1.29, 1.82) is 0 Å². The van der Waals surface area contributed by atoms with Gasteiger partial charge in [-0.25, -0.2) is 0 Å². The lowest BCUT2D eigenvalue weighted by atomic mass is 10.1. The lowest BCUT2D eigenvalue weighted by Gasteiger charge is -2.21. The number of hydrogen-bond donors (Lipinski definition) is 0. The highest BCUT2D eigenvalue weighted by molar-refractivity contribution is 7.85. The Bertz CT molecular complexity index is 1730. The van der Waals surface area contributed by atoms with Crippen LogP contribution in [0.4, 0.5) is 26.3 Å². The van der Waals surface area contributed by atoms with Crippen LogP contribution >= 0.6 is 7.14 Å². The summed E-state index contributed by atoms with van der Waals surface area (Å²) in [6.07, 6.45) is -5.10. The fraction of sp³-hybridized carbons (Fsp3) is 0. The molecule has 0 fully saturated rings. The second-order valence-electron chi connectivity index (χ2n) is 9.36. The normalized spacial score (nSPS) is 11.0. The van der Waals surface area contributed by atoms with E-state index < -0.39 is 31.3 Å². The van der Waals surface area contributed by atoms with Crippen molar-refractivity contribution in [2.75, 3.05) is 0 Å². The summed E-state index contributed by atoms with van der Waals surface area (Å²) in [6, 6.07) is 31.1. The van der Waals surface area contributed by atoms with Gasteiger partial charge in [0, 0.05) is 15.9 Å². The Morgan fingerprint density at radius 1 is 0.409 bits per heavy atom. The van der Waals surface area contributed by atoms with Gasteiger partial charge in [0.2, 0.25) is 0 Å². The van der Waals surface area contributed by atoms with Crippen LogP contribution in [-0.4, -0.2) is 0 Å². The van der Waals surface area contributed by atoms with Crippen LogP contribution in [0.1, 0.15) is 0 Å². The highest BCUT2D eigenvalue weighted by Gasteiger charge is 2.29. The van der Waals surface area contributed by atoms with E-state index in [2.05, 4.69) is 9.47 Å². The molecular weight excluding hydrogens is 601 g/mol. The molecule has 0 aromatic heterocycles. The van der Waals surface area contributed by atoms with Gasteiger partial charge in [-0.05, 0) is 46.5 Å². The van der Waals surface area contributed by atoms with Gasteiger partial charge in [-0.15, -0.1) is 0 Å². The third-order valence-electron chi connectivity index (χ3n) is 6.67. The van der Waals surface area contributed by atoms with Crippen molar-refractivity contribution >= 4 is 23.1 Å². The Hall–Kier alpha value is -5.01. The molecule has 0 amide bonds. The molecule has 5 rings (SSSR count). The Morgan fingerprint density at radius 2 is 0.705 bits per heavy atom. The average molecular weight is 623 g/mol. The van der Waals surface area contributed by atoms with Crippen molar-refractivity contribution in [3.05, 3.63) is 152 Å². The van der Waals surface area contributed by atoms with Crippen LogP contribution < -0.4 is 25.4 Å². The Morgan fingerprint density at radius 3 is 1.02 bits per heavy atom. The van der Waals surface area contributed by atoms with Gasteiger partial charge in [0.15, 0.2) is 7.14 Å². The molecule has 0 saturated heterocycles. The second-order valence-corrected chi connectivity index (χ2v) is 12.1. The van der Waals surface area contributed by atoms with Crippen LogP contribution in [0.15, 0.2) is 152 Å². The van der Waals surface area contributed by atoms with Gasteiger partial charge in [0.1, 0.15) is 11.5 Å². The second kappa shape index (κ2) is 13.1. The van der Waals surface area contributed by atoms with Gasteiger partial charge in [0.05, 0.1) is 0 Å². The number of halogens is 6. The zero-order valence-corrected chi connectivity index (χ0v) is 23.5. The van der Waals surface area contributed by atoms with Crippen LogP contribution in [-0.2, 0) is 4.57 Å². The first kappa shape index (κ1) is 30.4. The molecule has 0 aliphatic carbocycles. The van der Waals surface area contributed by atoms with Gasteiger partial charge in [0.25, 0.3) is 0 Å². The topological polar surface area (TPSA) is 35.5 Å². The van der Waals surface area contributed by atoms with Gasteiger partial charge < -0.3 is 14.0 Å². The first-order valence-corrected chi connectivity index (χ1v) is 14.7. The summed E-state index contributed by atoms with van der Waals surface area (Å²) in [7, 11) is -3.34. The molecule has 0 radical (unpaired) electrons. The van der Waals surface area contributed by atoms with E-state index in [4.69, 9.17) is 0 Å². The number of ether oxygens (including phenoxy) is 2. The van der Waals surface area contributed by atoms with Crippen LogP contribution in [0.25, 0.3) is 22.3 Å². The molecule has 0 aliphatic heterocycles. The molecule has 10 heteroatoms. The van der Waals surface area contributed by atoms with E-state index in [-0.39, 0.29) is 11.5 Å². The molecule has 5 aromatic carbocycles. The van der Waals surface area contributed by atoms with E-state index in [0.717, 1.165) is 11.1 Å². The summed E-state index contributed by atoms with van der Waals surface area (Å²) in [4.78, 5) is 0. The molecule has 0 saturated carbocycles. The summed E-state index contributed by atoms with van der Waals surface area (Å²) in [5.74, 6) is -0.176. The summed E-state index contributed by atoms with van der Waals surface area (Å²) >= 11 is 0. The molecule has 0 bridgehead atoms. The summed E-state index contributed by atoms with van der Waals surface area (Å²) in [5, 5.41) is 1.76. The zero-order valence-electron chi connectivity index (χ0n) is 22.6. The highest BCUT2D eigenvalue weighted by atomic mass is 31.2. The molecule has 0 aliphatic rings. The maximum atomic E-state index is 14.9. The number of benzene rings is 5. The molecule has 222 valence electrons. The molecule has 0 spiro atoms. The zero-order chi connectivity index (χ0) is 31.3. The smallest absolute Gasteiger partial charge is 0.344 e. The van der Waals surface area contributed by atoms with Crippen molar-refractivity contribution in [3.8, 4) is 33.8 Å². The largest absolute Gasteiger partial charge is 0.428 e. The van der Waals surface area contributed by atoms with E-state index in [1.807, 2.05) is 6.07 Å². The molecule has 0 atom stereocenters. The standard InChI is InChI=1S/C34H21F6O3P/c35-31(36)33(39)42-26-14-6-22(7-15-26)24-10-18-29(19-11-24)44(41,28-4-2-1-3-5-28)30-20-12-25(13-21-30)23-8-16-27(17-9-23)43-34(40)32(37)38/h1-21H. The first-order valence-electron chi connectivity index (χ1n) is 13.0. The predicted molar refractivity (Wildman–Crippen MR) is 159 cm³/mol. The molecule has 0 N–H and O–H groups in total. The minimum absolute atomic E-state index is 0.0878. The third-order valence-corrected chi connectivity index (χ3v) is 9.75. The molecule has 3 nitrogen and oxygen atoms in total. The van der Waals surface area contributed by atoms with E-state index in [9.17, 15) is 30.9 Å². The SMILES string of the molecule is O=P(c1ccccc1)(c1ccc(-c2ccc(OC(F)=C(F)F)cc2)cc1)c1ccc(-c2ccc(OC(F)=C(F)F)cc2)cc1. The molecule has 5 aromatic rings. The summed E-state index contributed by atoms with van der Waals surface area (Å²) in [5.41, 5.74) is 2.91. The van der Waals surface area contributed by atoms with Crippen LogP contribution in [0.2, 0.25) is 0 Å². The maximum absolute atomic E-state index is 14.9. The van der Waals surface area contributed by atoms with Crippen LogP contribution in [0.5, 0.6) is 11.5 Å². The van der Waals surface area contributed by atoms with Crippen LogP contribution in [0.3, 0.4) is 0 Å². The first-order chi connectivity index (χ1) is 21.1. The lowest BCUT2D eigenvalue weighted by Crippen LogP contribution is -2.24. The van der Waals surface area contributed by atoms with Crippen molar-refractivity contribution in [1.82, 2.24) is 0 Å². The van der Waals surface area contributed by atoms with Gasteiger partial charge in [-0.3, -0.25) is 0 Å². The lowest BCUT2D eigenvalue weighted by molar-refractivity contribution is 0.241. The highest BCUT2D eigenvalue weighted by Crippen LogP contribution is 2.43. The Kier molecular flexibility index (Phi) is 9.07. The quantitative estimate of drug-likeness (QED) is 0.0934. The number of rotatable bonds is 9. The molecular formula is C34H21F6O3P. The summed E-state index contributed by atoms with van der Waals surface area (Å²) in [6.45, 7) is 0. The fourth-order valence-electron chi connectivity index (χ4n) is 4.53. The van der Waals surface area contributed by atoms with Gasteiger partial charge >= 0.3 is 24.2 Å². The Labute approximate surface area is 248 Å². The van der Waals surface area contributed by atoms with Crippen molar-refractivity contribution < 1.29 is 40.4 Å². The minimum atomic E-state index is -3.34. The Balaban J connectivity index is 1.43. The van der Waals surface area contributed by atoms with Gasteiger partial charge in [-0.2, -0.15) is 26.3 Å². The fourth-order valence-corrected chi connectivity index (χ4v) is 7.15. The van der Waals surface area contributed by atoms with E-state index in [1.54, 1.807) is 97.1 Å². The minimum Gasteiger partial charge on any atom is -0.428 e.